The lowest BCUT2D eigenvalue weighted by molar-refractivity contribution is -0.137. The predicted molar refractivity (Wildman–Crippen MR) is 74.2 cm³/mol. The van der Waals surface area contributed by atoms with Crippen molar-refractivity contribution in [3.8, 4) is 0 Å². The molecule has 1 aromatic rings. The van der Waals surface area contributed by atoms with Gasteiger partial charge in [-0.1, -0.05) is 30.3 Å². The maximum atomic E-state index is 11.4. The van der Waals surface area contributed by atoms with Crippen molar-refractivity contribution >= 4 is 12.0 Å². The topological polar surface area (TPSA) is 29.5 Å². The fraction of sp³-hybridized carbons (Fsp3) is 0.400. The molecule has 0 bridgehead atoms. The largest absolute Gasteiger partial charge is 0.463 e. The van der Waals surface area contributed by atoms with Crippen molar-refractivity contribution in [3.05, 3.63) is 42.0 Å². The first kappa shape index (κ1) is 14.5. The van der Waals surface area contributed by atoms with E-state index < -0.39 is 0 Å². The van der Waals surface area contributed by atoms with Gasteiger partial charge in [-0.2, -0.15) is 0 Å². The number of rotatable bonds is 7. The Morgan fingerprint density at radius 3 is 2.61 bits per heavy atom. The van der Waals surface area contributed by atoms with Crippen LogP contribution in [0.25, 0.3) is 6.08 Å². The summed E-state index contributed by atoms with van der Waals surface area (Å²) in [5.41, 5.74) is 1.00. The summed E-state index contributed by atoms with van der Waals surface area (Å²) in [6.45, 7) is 1.52. The van der Waals surface area contributed by atoms with E-state index in [9.17, 15) is 4.79 Å². The highest BCUT2D eigenvalue weighted by atomic mass is 16.5. The SMILES string of the molecule is CN(C)CCCCOC(=O)C=Cc1ccccc1. The zero-order chi connectivity index (χ0) is 13.2. The van der Waals surface area contributed by atoms with Gasteiger partial charge in [0.05, 0.1) is 6.61 Å². The van der Waals surface area contributed by atoms with E-state index in [4.69, 9.17) is 4.74 Å². The van der Waals surface area contributed by atoms with E-state index in [1.54, 1.807) is 6.08 Å². The number of nitrogens with zero attached hydrogens (tertiary/aromatic N) is 1. The highest BCUT2D eigenvalue weighted by Gasteiger charge is 1.97. The molecule has 3 heteroatoms. The highest BCUT2D eigenvalue weighted by Crippen LogP contribution is 2.01. The first-order valence-corrected chi connectivity index (χ1v) is 6.23. The van der Waals surface area contributed by atoms with Crippen LogP contribution >= 0.6 is 0 Å². The zero-order valence-corrected chi connectivity index (χ0v) is 11.1. The fourth-order valence-corrected chi connectivity index (χ4v) is 1.48. The Morgan fingerprint density at radius 1 is 1.22 bits per heavy atom. The van der Waals surface area contributed by atoms with Crippen molar-refractivity contribution in [3.63, 3.8) is 0 Å². The molecule has 0 amide bonds. The van der Waals surface area contributed by atoms with E-state index in [1.807, 2.05) is 44.4 Å². The van der Waals surface area contributed by atoms with Gasteiger partial charge in [0.15, 0.2) is 0 Å². The Balaban J connectivity index is 2.16. The summed E-state index contributed by atoms with van der Waals surface area (Å²) in [7, 11) is 4.07. The summed E-state index contributed by atoms with van der Waals surface area (Å²) in [4.78, 5) is 13.5. The van der Waals surface area contributed by atoms with Crippen molar-refractivity contribution in [2.45, 2.75) is 12.8 Å². The Hall–Kier alpha value is -1.61. The van der Waals surface area contributed by atoms with Crippen LogP contribution in [0, 0.1) is 0 Å². The first-order valence-electron chi connectivity index (χ1n) is 6.23. The van der Waals surface area contributed by atoms with Crippen LogP contribution in [-0.4, -0.2) is 38.1 Å². The third-order valence-corrected chi connectivity index (χ3v) is 2.46. The summed E-state index contributed by atoms with van der Waals surface area (Å²) in [6, 6.07) is 9.71. The van der Waals surface area contributed by atoms with Crippen LogP contribution in [0.15, 0.2) is 36.4 Å². The molecular formula is C15H21NO2. The monoisotopic (exact) mass is 247 g/mol. The number of ether oxygens (including phenoxy) is 1. The molecule has 0 saturated carbocycles. The molecule has 1 aromatic carbocycles. The van der Waals surface area contributed by atoms with Gasteiger partial charge in [0.25, 0.3) is 0 Å². The molecule has 18 heavy (non-hydrogen) atoms. The average Bonchev–Trinajstić information content (AvgIpc) is 2.37. The van der Waals surface area contributed by atoms with Crippen LogP contribution in [0.1, 0.15) is 18.4 Å². The molecule has 0 heterocycles. The standard InChI is InChI=1S/C15H21NO2/c1-16(2)12-6-7-13-18-15(17)11-10-14-8-4-3-5-9-14/h3-5,8-11H,6-7,12-13H2,1-2H3. The van der Waals surface area contributed by atoms with E-state index in [0.29, 0.717) is 6.61 Å². The van der Waals surface area contributed by atoms with Crippen molar-refractivity contribution in [2.75, 3.05) is 27.2 Å². The lowest BCUT2D eigenvalue weighted by Gasteiger charge is -2.08. The Morgan fingerprint density at radius 2 is 1.94 bits per heavy atom. The molecule has 0 unspecified atom stereocenters. The van der Waals surface area contributed by atoms with Crippen LogP contribution in [0.5, 0.6) is 0 Å². The van der Waals surface area contributed by atoms with Crippen molar-refractivity contribution in [2.24, 2.45) is 0 Å². The molecule has 98 valence electrons. The molecule has 0 fully saturated rings. The van der Waals surface area contributed by atoms with Crippen LogP contribution in [0.3, 0.4) is 0 Å². The number of hydrogen-bond donors (Lipinski definition) is 0. The van der Waals surface area contributed by atoms with Crippen molar-refractivity contribution in [1.29, 1.82) is 0 Å². The van der Waals surface area contributed by atoms with Gasteiger partial charge >= 0.3 is 5.97 Å². The molecule has 1 rings (SSSR count). The third-order valence-electron chi connectivity index (χ3n) is 2.46. The van der Waals surface area contributed by atoms with Crippen LogP contribution < -0.4 is 0 Å². The summed E-state index contributed by atoms with van der Waals surface area (Å²) in [5, 5.41) is 0. The second-order valence-electron chi connectivity index (χ2n) is 4.42. The minimum Gasteiger partial charge on any atom is -0.463 e. The second-order valence-corrected chi connectivity index (χ2v) is 4.42. The minimum absolute atomic E-state index is 0.274. The Kier molecular flexibility index (Phi) is 6.81. The minimum atomic E-state index is -0.274. The molecule has 0 atom stereocenters. The molecule has 0 saturated heterocycles. The predicted octanol–water partition coefficient (Wildman–Crippen LogP) is 2.58. The fourth-order valence-electron chi connectivity index (χ4n) is 1.48. The van der Waals surface area contributed by atoms with E-state index >= 15 is 0 Å². The van der Waals surface area contributed by atoms with Gasteiger partial charge in [0.2, 0.25) is 0 Å². The van der Waals surface area contributed by atoms with E-state index in [-0.39, 0.29) is 5.97 Å². The Labute approximate surface area is 109 Å². The van der Waals surface area contributed by atoms with Gasteiger partial charge in [0, 0.05) is 6.08 Å². The molecule has 0 radical (unpaired) electrons. The van der Waals surface area contributed by atoms with Gasteiger partial charge in [-0.05, 0) is 45.1 Å². The lowest BCUT2D eigenvalue weighted by Crippen LogP contribution is -2.13. The summed E-state index contributed by atoms with van der Waals surface area (Å²) in [6.07, 6.45) is 5.19. The van der Waals surface area contributed by atoms with Gasteiger partial charge in [0.1, 0.15) is 0 Å². The first-order chi connectivity index (χ1) is 8.68. The quantitative estimate of drug-likeness (QED) is 0.421. The van der Waals surface area contributed by atoms with E-state index in [0.717, 1.165) is 24.9 Å². The molecule has 0 N–H and O–H groups in total. The normalized spacial score (nSPS) is 11.1. The molecule has 3 nitrogen and oxygen atoms in total. The zero-order valence-electron chi connectivity index (χ0n) is 11.1. The number of carbonyl (C=O) groups excluding carboxylic acids is 1. The molecular weight excluding hydrogens is 226 g/mol. The lowest BCUT2D eigenvalue weighted by atomic mass is 10.2. The van der Waals surface area contributed by atoms with Gasteiger partial charge in [-0.3, -0.25) is 0 Å². The van der Waals surface area contributed by atoms with Crippen molar-refractivity contribution in [1.82, 2.24) is 4.90 Å². The number of carbonyl (C=O) groups is 1. The molecule has 0 aliphatic carbocycles. The summed E-state index contributed by atoms with van der Waals surface area (Å²) in [5.74, 6) is -0.274. The Bertz CT molecular complexity index is 371. The van der Waals surface area contributed by atoms with Crippen molar-refractivity contribution < 1.29 is 9.53 Å². The molecule has 0 spiro atoms. The third kappa shape index (κ3) is 6.86. The van der Waals surface area contributed by atoms with Gasteiger partial charge < -0.3 is 9.64 Å². The van der Waals surface area contributed by atoms with Gasteiger partial charge in [-0.25, -0.2) is 4.79 Å². The maximum Gasteiger partial charge on any atom is 0.330 e. The summed E-state index contributed by atoms with van der Waals surface area (Å²) >= 11 is 0. The number of unbranched alkanes of at least 4 members (excludes halogenated alkanes) is 1. The van der Waals surface area contributed by atoms with E-state index in [1.165, 1.54) is 6.08 Å². The van der Waals surface area contributed by atoms with E-state index in [2.05, 4.69) is 4.90 Å². The van der Waals surface area contributed by atoms with Crippen LogP contribution in [-0.2, 0) is 9.53 Å². The molecule has 0 aliphatic heterocycles. The van der Waals surface area contributed by atoms with Crippen LogP contribution in [0.2, 0.25) is 0 Å². The van der Waals surface area contributed by atoms with Crippen LogP contribution in [0.4, 0.5) is 0 Å². The summed E-state index contributed by atoms with van der Waals surface area (Å²) < 4.78 is 5.10. The number of benzene rings is 1. The number of esters is 1. The van der Waals surface area contributed by atoms with Gasteiger partial charge in [-0.15, -0.1) is 0 Å². The average molecular weight is 247 g/mol. The number of hydrogen-bond acceptors (Lipinski definition) is 3. The highest BCUT2D eigenvalue weighted by molar-refractivity contribution is 5.86. The smallest absolute Gasteiger partial charge is 0.330 e. The molecule has 0 aliphatic rings. The molecule has 0 aromatic heterocycles. The second kappa shape index (κ2) is 8.48. The maximum absolute atomic E-state index is 11.4.